The Bertz CT molecular complexity index is 1260. The highest BCUT2D eigenvalue weighted by atomic mass is 19.1. The number of aryl methyl sites for hydroxylation is 1. The van der Waals surface area contributed by atoms with E-state index in [9.17, 15) is 14.0 Å². The fourth-order valence-corrected chi connectivity index (χ4v) is 5.12. The molecule has 5 rings (SSSR count). The van der Waals surface area contributed by atoms with Gasteiger partial charge < -0.3 is 19.9 Å². The average molecular weight is 483 g/mol. The Morgan fingerprint density at radius 2 is 2.09 bits per heavy atom. The Morgan fingerprint density at radius 3 is 2.83 bits per heavy atom. The number of carbonyl (C=O) groups is 2. The van der Waals surface area contributed by atoms with Crippen LogP contribution < -0.4 is 15.8 Å². The van der Waals surface area contributed by atoms with Crippen molar-refractivity contribution in [3.8, 4) is 0 Å². The second-order valence-electron chi connectivity index (χ2n) is 8.50. The molecule has 1 amide bonds. The largest absolute Gasteiger partial charge is 0.483 e. The van der Waals surface area contributed by atoms with Crippen molar-refractivity contribution < 1.29 is 19.1 Å². The molecule has 2 aliphatic rings. The third-order valence-electron chi connectivity index (χ3n) is 6.54. The molecule has 0 aromatic carbocycles. The fraction of sp³-hybridized carbons (Fsp3) is 0.375. The predicted molar refractivity (Wildman–Crippen MR) is 125 cm³/mol. The summed E-state index contributed by atoms with van der Waals surface area (Å²) in [6.45, 7) is 3.85. The molecule has 0 spiro atoms. The molecule has 3 aromatic heterocycles. The lowest BCUT2D eigenvalue weighted by Gasteiger charge is -2.46. The molecule has 10 nitrogen and oxygen atoms in total. The minimum absolute atomic E-state index is 0.0228. The number of imidazole rings is 1. The van der Waals surface area contributed by atoms with E-state index in [1.54, 1.807) is 35.4 Å². The van der Waals surface area contributed by atoms with Gasteiger partial charge in [-0.05, 0) is 31.5 Å². The molecule has 2 N–H and O–H groups in total. The number of carboxylic acid groups (broad SMARTS) is 1. The number of amides is 1. The number of aromatic nitrogens is 4. The molecule has 3 aromatic rings. The van der Waals surface area contributed by atoms with E-state index < -0.39 is 6.04 Å². The summed E-state index contributed by atoms with van der Waals surface area (Å²) in [4.78, 5) is 44.9. The van der Waals surface area contributed by atoms with E-state index in [2.05, 4.69) is 15.3 Å². The molecule has 35 heavy (non-hydrogen) atoms. The monoisotopic (exact) mass is 482 g/mol. The number of pyridine rings is 2. The van der Waals surface area contributed by atoms with Crippen LogP contribution in [0.1, 0.15) is 36.7 Å². The van der Waals surface area contributed by atoms with E-state index in [0.29, 0.717) is 25.5 Å². The number of anilines is 1. The van der Waals surface area contributed by atoms with Gasteiger partial charge in [0, 0.05) is 55.6 Å². The van der Waals surface area contributed by atoms with Crippen LogP contribution in [0.4, 0.5) is 10.2 Å². The van der Waals surface area contributed by atoms with Gasteiger partial charge in [0.25, 0.3) is 12.0 Å². The zero-order valence-corrected chi connectivity index (χ0v) is 19.2. The third-order valence-corrected chi connectivity index (χ3v) is 6.54. The number of halogens is 1. The second-order valence-corrected chi connectivity index (χ2v) is 8.50. The fourth-order valence-electron chi connectivity index (χ4n) is 5.12. The highest BCUT2D eigenvalue weighted by molar-refractivity contribution is 5.81. The summed E-state index contributed by atoms with van der Waals surface area (Å²) in [5, 5.41) is 9.89. The minimum atomic E-state index is -0.664. The van der Waals surface area contributed by atoms with Gasteiger partial charge in [-0.2, -0.15) is 0 Å². The first-order chi connectivity index (χ1) is 17.0. The van der Waals surface area contributed by atoms with Gasteiger partial charge in [0.2, 0.25) is 5.91 Å². The number of nitrogens with zero attached hydrogens (tertiary/aromatic N) is 5. The topological polar surface area (TPSA) is 122 Å². The van der Waals surface area contributed by atoms with Crippen LogP contribution in [0, 0.1) is 11.7 Å². The molecule has 0 unspecified atom stereocenters. The van der Waals surface area contributed by atoms with Crippen molar-refractivity contribution in [2.75, 3.05) is 18.0 Å². The van der Waals surface area contributed by atoms with E-state index in [-0.39, 0.29) is 35.6 Å². The number of hydrogen-bond donors (Lipinski definition) is 2. The lowest BCUT2D eigenvalue weighted by molar-refractivity contribution is -0.127. The zero-order chi connectivity index (χ0) is 24.9. The van der Waals surface area contributed by atoms with Gasteiger partial charge in [0.15, 0.2) is 11.6 Å². The second kappa shape index (κ2) is 10.5. The van der Waals surface area contributed by atoms with Gasteiger partial charge in [0.05, 0.1) is 18.6 Å². The molecular formula is C24H27FN6O4. The van der Waals surface area contributed by atoms with E-state index in [0.717, 1.165) is 24.4 Å². The molecule has 2 bridgehead atoms. The van der Waals surface area contributed by atoms with Crippen LogP contribution in [0.2, 0.25) is 0 Å². The molecule has 0 radical (unpaired) electrons. The standard InChI is InChI=1S/C23H25FN6O2.CH2O2/c1-2-28-14-25-10-17(28)11-27-23(32)21-16-9-15(19-6-3-7-20(31)30(19)21)12-29(13-16)22-18(24)5-4-8-26-22;2-1-3/h3-8,10,14-16,21H,2,9,11-13H2,1H3,(H,27,32);1H,(H,2,3)/t15-,16+,21-;/m1./s1. The molecule has 11 heteroatoms. The molecule has 184 valence electrons. The summed E-state index contributed by atoms with van der Waals surface area (Å²) in [5.74, 6) is -0.421. The summed E-state index contributed by atoms with van der Waals surface area (Å²) in [6.07, 6.45) is 5.79. The molecule has 3 atom stereocenters. The maximum atomic E-state index is 14.5. The Balaban J connectivity index is 0.000000917. The summed E-state index contributed by atoms with van der Waals surface area (Å²) in [5.41, 5.74) is 1.53. The maximum Gasteiger partial charge on any atom is 0.290 e. The average Bonchev–Trinajstić information content (AvgIpc) is 3.32. The number of carbonyl (C=O) groups excluding carboxylic acids is 1. The number of piperidine rings is 1. The highest BCUT2D eigenvalue weighted by Crippen LogP contribution is 2.42. The lowest BCUT2D eigenvalue weighted by Crippen LogP contribution is -2.53. The van der Waals surface area contributed by atoms with Gasteiger partial charge in [-0.15, -0.1) is 0 Å². The molecular weight excluding hydrogens is 455 g/mol. The van der Waals surface area contributed by atoms with Gasteiger partial charge in [-0.1, -0.05) is 6.07 Å². The van der Waals surface area contributed by atoms with Crippen LogP contribution in [0.5, 0.6) is 0 Å². The first kappa shape index (κ1) is 24.1. The van der Waals surface area contributed by atoms with Crippen molar-refractivity contribution in [3.63, 3.8) is 0 Å². The van der Waals surface area contributed by atoms with Gasteiger partial charge >= 0.3 is 0 Å². The smallest absolute Gasteiger partial charge is 0.290 e. The van der Waals surface area contributed by atoms with E-state index in [1.165, 1.54) is 12.1 Å². The number of hydrogen-bond acceptors (Lipinski definition) is 6. The normalized spacial score (nSPS) is 20.3. The Hall–Kier alpha value is -4.02. The Labute approximate surface area is 201 Å². The summed E-state index contributed by atoms with van der Waals surface area (Å²) in [6, 6.07) is 7.41. The van der Waals surface area contributed by atoms with Crippen molar-refractivity contribution in [1.29, 1.82) is 0 Å². The summed E-state index contributed by atoms with van der Waals surface area (Å²) in [7, 11) is 0. The highest BCUT2D eigenvalue weighted by Gasteiger charge is 2.44. The number of rotatable bonds is 5. The Morgan fingerprint density at radius 1 is 1.29 bits per heavy atom. The summed E-state index contributed by atoms with van der Waals surface area (Å²) >= 11 is 0. The van der Waals surface area contributed by atoms with Crippen molar-refractivity contribution in [2.24, 2.45) is 5.92 Å². The number of fused-ring (bicyclic) bond motifs is 4. The van der Waals surface area contributed by atoms with Crippen molar-refractivity contribution in [3.05, 3.63) is 76.6 Å². The van der Waals surface area contributed by atoms with Crippen LogP contribution in [-0.2, 0) is 22.7 Å². The molecule has 0 aliphatic carbocycles. The predicted octanol–water partition coefficient (Wildman–Crippen LogP) is 1.78. The molecule has 0 saturated carbocycles. The quantitative estimate of drug-likeness (QED) is 0.532. The van der Waals surface area contributed by atoms with Crippen LogP contribution in [0.25, 0.3) is 0 Å². The van der Waals surface area contributed by atoms with E-state index >= 15 is 0 Å². The number of nitrogens with one attached hydrogen (secondary N) is 1. The molecule has 2 aliphatic heterocycles. The van der Waals surface area contributed by atoms with Crippen molar-refractivity contribution in [1.82, 2.24) is 24.4 Å². The zero-order valence-electron chi connectivity index (χ0n) is 19.2. The third kappa shape index (κ3) is 4.79. The van der Waals surface area contributed by atoms with Crippen LogP contribution in [0.15, 0.2) is 53.8 Å². The van der Waals surface area contributed by atoms with Gasteiger partial charge in [-0.25, -0.2) is 14.4 Å². The SMILES string of the molecule is CCn1cncc1CNC(=O)[C@H]1[C@H]2C[C@H](CN(c3ncccc3F)C2)c2cccc(=O)n21.O=CO. The first-order valence-electron chi connectivity index (χ1n) is 11.4. The van der Waals surface area contributed by atoms with E-state index in [4.69, 9.17) is 9.90 Å². The van der Waals surface area contributed by atoms with Crippen molar-refractivity contribution >= 4 is 18.2 Å². The van der Waals surface area contributed by atoms with Crippen molar-refractivity contribution in [2.45, 2.75) is 38.4 Å². The first-order valence-corrected chi connectivity index (χ1v) is 11.4. The molecule has 5 heterocycles. The minimum Gasteiger partial charge on any atom is -0.483 e. The maximum absolute atomic E-state index is 14.5. The molecule has 1 saturated heterocycles. The van der Waals surface area contributed by atoms with Gasteiger partial charge in [0.1, 0.15) is 6.04 Å². The Kier molecular flexibility index (Phi) is 7.23. The van der Waals surface area contributed by atoms with Crippen LogP contribution in [0.3, 0.4) is 0 Å². The van der Waals surface area contributed by atoms with Crippen LogP contribution >= 0.6 is 0 Å². The van der Waals surface area contributed by atoms with Crippen LogP contribution in [-0.4, -0.2) is 49.7 Å². The lowest BCUT2D eigenvalue weighted by atomic mass is 9.78. The molecule has 1 fully saturated rings. The van der Waals surface area contributed by atoms with E-state index in [1.807, 2.05) is 22.5 Å². The van der Waals surface area contributed by atoms with Gasteiger partial charge in [-0.3, -0.25) is 19.0 Å². The summed E-state index contributed by atoms with van der Waals surface area (Å²) < 4.78 is 18.1.